The van der Waals surface area contributed by atoms with Gasteiger partial charge in [0.05, 0.1) is 18.6 Å². The third-order valence-electron chi connectivity index (χ3n) is 6.73. The van der Waals surface area contributed by atoms with Gasteiger partial charge in [-0.3, -0.25) is 14.3 Å². The monoisotopic (exact) mass is 478 g/mol. The molecule has 1 fully saturated rings. The maximum atomic E-state index is 13.6. The van der Waals surface area contributed by atoms with Crippen LogP contribution in [0.15, 0.2) is 60.8 Å². The molecule has 0 bridgehead atoms. The minimum absolute atomic E-state index is 0.146. The zero-order chi connectivity index (χ0) is 24.4. The second-order valence-corrected chi connectivity index (χ2v) is 9.11. The SMILES string of the molecule is CC1=C(c2ccc(F)cn2)C(c2ccc(OCCN3CC[C@@H](CF)C3)cc2)Oc2ccc(O)cc21. The molecule has 5 nitrogen and oxygen atoms in total. The number of rotatable bonds is 7. The molecule has 182 valence electrons. The second-order valence-electron chi connectivity index (χ2n) is 9.11. The molecule has 3 heterocycles. The van der Waals surface area contributed by atoms with Crippen LogP contribution in [0.4, 0.5) is 8.78 Å². The Morgan fingerprint density at radius 1 is 1.14 bits per heavy atom. The molecule has 5 rings (SSSR count). The molecule has 2 aromatic carbocycles. The van der Waals surface area contributed by atoms with Crippen LogP contribution in [0.25, 0.3) is 11.1 Å². The third-order valence-corrected chi connectivity index (χ3v) is 6.73. The number of hydrogen-bond donors (Lipinski definition) is 1. The first-order valence-corrected chi connectivity index (χ1v) is 11.9. The molecule has 0 spiro atoms. The standard InChI is InChI=1S/C28H28F2N2O3/c1-18-24-14-22(33)5-9-26(24)35-28(27(18)25-8-4-21(30)16-31-25)20-2-6-23(7-3-20)34-13-12-32-11-10-19(15-29)17-32/h2-9,14,16,19,28,33H,10-13,15,17H2,1H3/t19-,28?/m0/s1. The van der Waals surface area contributed by atoms with Crippen LogP contribution in [0.3, 0.4) is 0 Å². The number of ether oxygens (including phenoxy) is 2. The van der Waals surface area contributed by atoms with Crippen LogP contribution in [-0.2, 0) is 0 Å². The quantitative estimate of drug-likeness (QED) is 0.475. The van der Waals surface area contributed by atoms with Crippen LogP contribution >= 0.6 is 0 Å². The molecule has 0 amide bonds. The summed E-state index contributed by atoms with van der Waals surface area (Å²) in [7, 11) is 0. The van der Waals surface area contributed by atoms with E-state index >= 15 is 0 Å². The first-order valence-electron chi connectivity index (χ1n) is 11.9. The van der Waals surface area contributed by atoms with Gasteiger partial charge in [-0.05, 0) is 73.5 Å². The fourth-order valence-corrected chi connectivity index (χ4v) is 4.81. The van der Waals surface area contributed by atoms with Gasteiger partial charge >= 0.3 is 0 Å². The van der Waals surface area contributed by atoms with Crippen LogP contribution in [0.2, 0.25) is 0 Å². The van der Waals surface area contributed by atoms with Crippen LogP contribution < -0.4 is 9.47 Å². The lowest BCUT2D eigenvalue weighted by atomic mass is 9.88. The summed E-state index contributed by atoms with van der Waals surface area (Å²) in [6.07, 6.45) is 1.65. The van der Waals surface area contributed by atoms with E-state index in [9.17, 15) is 13.9 Å². The first kappa shape index (κ1) is 23.3. The molecule has 2 atom stereocenters. The van der Waals surface area contributed by atoms with E-state index in [1.807, 2.05) is 31.2 Å². The first-order chi connectivity index (χ1) is 17.0. The van der Waals surface area contributed by atoms with Gasteiger partial charge in [-0.2, -0.15) is 0 Å². The van der Waals surface area contributed by atoms with Crippen molar-refractivity contribution in [2.75, 3.05) is 32.9 Å². The number of aromatic nitrogens is 1. The van der Waals surface area contributed by atoms with Gasteiger partial charge in [-0.15, -0.1) is 0 Å². The zero-order valence-electron chi connectivity index (χ0n) is 19.6. The van der Waals surface area contributed by atoms with E-state index in [2.05, 4.69) is 9.88 Å². The molecule has 0 radical (unpaired) electrons. The molecular formula is C28H28F2N2O3. The van der Waals surface area contributed by atoms with Gasteiger partial charge in [0.1, 0.15) is 29.7 Å². The van der Waals surface area contributed by atoms with E-state index in [1.54, 1.807) is 24.3 Å². The van der Waals surface area contributed by atoms with E-state index < -0.39 is 11.9 Å². The number of benzene rings is 2. The number of halogens is 2. The molecule has 0 saturated carbocycles. The maximum Gasteiger partial charge on any atom is 0.151 e. The lowest BCUT2D eigenvalue weighted by Crippen LogP contribution is -2.26. The van der Waals surface area contributed by atoms with Crippen molar-refractivity contribution >= 4 is 11.1 Å². The molecule has 3 aromatic rings. The van der Waals surface area contributed by atoms with Gasteiger partial charge in [0.25, 0.3) is 0 Å². The van der Waals surface area contributed by atoms with Crippen molar-refractivity contribution in [3.63, 3.8) is 0 Å². The number of alkyl halides is 1. The maximum absolute atomic E-state index is 13.6. The zero-order valence-corrected chi connectivity index (χ0v) is 19.6. The Hall–Kier alpha value is -3.45. The summed E-state index contributed by atoms with van der Waals surface area (Å²) >= 11 is 0. The van der Waals surface area contributed by atoms with E-state index in [-0.39, 0.29) is 18.3 Å². The Labute approximate surface area is 203 Å². The summed E-state index contributed by atoms with van der Waals surface area (Å²) < 4.78 is 38.7. The van der Waals surface area contributed by atoms with E-state index in [0.29, 0.717) is 18.1 Å². The second kappa shape index (κ2) is 10.0. The summed E-state index contributed by atoms with van der Waals surface area (Å²) in [5.41, 5.74) is 4.01. The van der Waals surface area contributed by atoms with Gasteiger partial charge in [-0.25, -0.2) is 4.39 Å². The number of nitrogens with zero attached hydrogens (tertiary/aromatic N) is 2. The Morgan fingerprint density at radius 3 is 2.69 bits per heavy atom. The smallest absolute Gasteiger partial charge is 0.151 e. The highest BCUT2D eigenvalue weighted by atomic mass is 19.1. The number of allylic oxidation sites excluding steroid dienone is 1. The Balaban J connectivity index is 1.36. The number of phenolic OH excluding ortho intramolecular Hbond substituents is 1. The number of likely N-dealkylation sites (tertiary alicyclic amines) is 1. The highest BCUT2D eigenvalue weighted by Crippen LogP contribution is 2.47. The third kappa shape index (κ3) is 5.00. The highest BCUT2D eigenvalue weighted by Gasteiger charge is 2.30. The largest absolute Gasteiger partial charge is 0.508 e. The van der Waals surface area contributed by atoms with Crippen LogP contribution in [0.5, 0.6) is 17.2 Å². The van der Waals surface area contributed by atoms with Gasteiger partial charge < -0.3 is 14.6 Å². The van der Waals surface area contributed by atoms with Crippen molar-refractivity contribution in [2.45, 2.75) is 19.4 Å². The average Bonchev–Trinajstić information content (AvgIpc) is 3.34. The van der Waals surface area contributed by atoms with Crippen LogP contribution in [0, 0.1) is 11.7 Å². The number of hydrogen-bond acceptors (Lipinski definition) is 5. The highest BCUT2D eigenvalue weighted by molar-refractivity contribution is 5.94. The lowest BCUT2D eigenvalue weighted by molar-refractivity contribution is 0.228. The van der Waals surface area contributed by atoms with Crippen molar-refractivity contribution in [1.82, 2.24) is 9.88 Å². The van der Waals surface area contributed by atoms with Crippen LogP contribution in [0.1, 0.15) is 36.3 Å². The average molecular weight is 479 g/mol. The van der Waals surface area contributed by atoms with Crippen molar-refractivity contribution in [3.05, 3.63) is 83.4 Å². The van der Waals surface area contributed by atoms with Gasteiger partial charge in [0.15, 0.2) is 6.10 Å². The van der Waals surface area contributed by atoms with E-state index in [0.717, 1.165) is 54.1 Å². The number of aromatic hydroxyl groups is 1. The van der Waals surface area contributed by atoms with E-state index in [4.69, 9.17) is 9.47 Å². The normalized spacial score (nSPS) is 20.0. The summed E-state index contributed by atoms with van der Waals surface area (Å²) in [6, 6.07) is 15.8. The topological polar surface area (TPSA) is 54.8 Å². The van der Waals surface area contributed by atoms with E-state index in [1.165, 1.54) is 12.3 Å². The minimum atomic E-state index is -0.457. The summed E-state index contributed by atoms with van der Waals surface area (Å²) in [6.45, 7) is 4.73. The van der Waals surface area contributed by atoms with Gasteiger partial charge in [0.2, 0.25) is 0 Å². The number of pyridine rings is 1. The Bertz CT molecular complexity index is 1210. The van der Waals surface area contributed by atoms with Gasteiger partial charge in [0, 0.05) is 30.1 Å². The van der Waals surface area contributed by atoms with Crippen molar-refractivity contribution in [3.8, 4) is 17.2 Å². The molecular weight excluding hydrogens is 450 g/mol. The molecule has 1 N–H and O–H groups in total. The molecule has 1 saturated heterocycles. The summed E-state index contributed by atoms with van der Waals surface area (Å²) in [5, 5.41) is 10.0. The van der Waals surface area contributed by atoms with Gasteiger partial charge in [-0.1, -0.05) is 12.1 Å². The Morgan fingerprint density at radius 2 is 1.97 bits per heavy atom. The number of phenols is 1. The van der Waals surface area contributed by atoms with Crippen molar-refractivity contribution in [2.24, 2.45) is 5.92 Å². The molecule has 1 unspecified atom stereocenters. The number of fused-ring (bicyclic) bond motifs is 1. The molecule has 0 aliphatic carbocycles. The predicted molar refractivity (Wildman–Crippen MR) is 131 cm³/mol. The summed E-state index contributed by atoms with van der Waals surface area (Å²) in [5.74, 6) is 1.30. The molecule has 35 heavy (non-hydrogen) atoms. The van der Waals surface area contributed by atoms with Crippen molar-refractivity contribution in [1.29, 1.82) is 0 Å². The fourth-order valence-electron chi connectivity index (χ4n) is 4.81. The lowest BCUT2D eigenvalue weighted by Gasteiger charge is -2.30. The molecule has 2 aliphatic rings. The summed E-state index contributed by atoms with van der Waals surface area (Å²) in [4.78, 5) is 6.54. The molecule has 2 aliphatic heterocycles. The molecule has 7 heteroatoms. The fraction of sp³-hybridized carbons (Fsp3) is 0.321. The van der Waals surface area contributed by atoms with Crippen molar-refractivity contribution < 1.29 is 23.4 Å². The predicted octanol–water partition coefficient (Wildman–Crippen LogP) is 5.66. The Kier molecular flexibility index (Phi) is 6.68. The molecule has 1 aromatic heterocycles. The van der Waals surface area contributed by atoms with Crippen LogP contribution in [-0.4, -0.2) is 47.9 Å². The minimum Gasteiger partial charge on any atom is -0.508 e.